The molecule has 51 heavy (non-hydrogen) atoms. The predicted octanol–water partition coefficient (Wildman–Crippen LogP) is 11.2. The fourth-order valence-electron chi connectivity index (χ4n) is 8.15. The summed E-state index contributed by atoms with van der Waals surface area (Å²) in [4.78, 5) is 0. The van der Waals surface area contributed by atoms with E-state index in [4.69, 9.17) is 4.42 Å². The van der Waals surface area contributed by atoms with Gasteiger partial charge in [-0.3, -0.25) is 16.0 Å². The summed E-state index contributed by atoms with van der Waals surface area (Å²) in [6.45, 7) is 0. The van der Waals surface area contributed by atoms with Gasteiger partial charge in [-0.1, -0.05) is 115 Å². The molecule has 3 N–H and O–H groups in total. The Morgan fingerprint density at radius 1 is 0.451 bits per heavy atom. The van der Waals surface area contributed by atoms with Gasteiger partial charge < -0.3 is 8.98 Å². The van der Waals surface area contributed by atoms with Gasteiger partial charge in [0, 0.05) is 53.0 Å². The minimum absolute atomic E-state index is 0.0644. The van der Waals surface area contributed by atoms with Crippen molar-refractivity contribution in [3.05, 3.63) is 174 Å². The third-order valence-electron chi connectivity index (χ3n) is 10.5. The van der Waals surface area contributed by atoms with Crippen molar-refractivity contribution >= 4 is 75.3 Å². The van der Waals surface area contributed by atoms with Crippen molar-refractivity contribution in [1.82, 2.24) is 20.5 Å². The number of benzene rings is 7. The summed E-state index contributed by atoms with van der Waals surface area (Å²) in [5.41, 5.74) is 8.91. The highest BCUT2D eigenvalue weighted by Crippen LogP contribution is 2.40. The summed E-state index contributed by atoms with van der Waals surface area (Å²) in [6, 6.07) is 56.6. The van der Waals surface area contributed by atoms with Crippen LogP contribution in [-0.4, -0.2) is 4.57 Å². The fourth-order valence-corrected chi connectivity index (χ4v) is 9.40. The standard InChI is InChI=1S/C45H32N4OS/c1-2-11-27(12-3-1)43-46-44(48-45(47-43)35-17-10-16-34-33-15-6-9-20-41(33)51-42(34)35)28-21-23-31-30-13-4-7-18-37(30)49(38(31)25-28)29-22-24-40-36(26-29)32-14-5-8-19-39(32)50-40/h1-26,43-48H. The number of thiophene rings is 1. The van der Waals surface area contributed by atoms with Crippen LogP contribution < -0.4 is 16.0 Å². The molecule has 0 bridgehead atoms. The van der Waals surface area contributed by atoms with E-state index in [2.05, 4.69) is 166 Å². The molecule has 3 atom stereocenters. The Kier molecular flexibility index (Phi) is 6.48. The van der Waals surface area contributed by atoms with Crippen LogP contribution in [0.25, 0.3) is 69.6 Å². The largest absolute Gasteiger partial charge is 0.456 e. The monoisotopic (exact) mass is 676 g/mol. The molecule has 0 spiro atoms. The van der Waals surface area contributed by atoms with Gasteiger partial charge in [0.25, 0.3) is 0 Å². The van der Waals surface area contributed by atoms with Crippen LogP contribution in [0.4, 0.5) is 0 Å². The lowest BCUT2D eigenvalue weighted by Crippen LogP contribution is -2.54. The van der Waals surface area contributed by atoms with Crippen LogP contribution in [0.3, 0.4) is 0 Å². The molecule has 11 rings (SSSR count). The minimum atomic E-state index is -0.123. The molecule has 0 radical (unpaired) electrons. The van der Waals surface area contributed by atoms with Crippen LogP contribution in [-0.2, 0) is 0 Å². The maximum Gasteiger partial charge on any atom is 0.135 e. The number of para-hydroxylation sites is 2. The molecule has 6 heteroatoms. The van der Waals surface area contributed by atoms with Crippen LogP contribution in [0.2, 0.25) is 0 Å². The Labute approximate surface area is 297 Å². The van der Waals surface area contributed by atoms with E-state index in [0.29, 0.717) is 0 Å². The number of hydrogen-bond acceptors (Lipinski definition) is 5. The molecule has 1 aliphatic rings. The molecule has 7 aromatic carbocycles. The number of nitrogens with one attached hydrogen (secondary N) is 3. The van der Waals surface area contributed by atoms with Crippen LogP contribution in [0, 0.1) is 0 Å². The van der Waals surface area contributed by atoms with Crippen molar-refractivity contribution < 1.29 is 4.42 Å². The maximum atomic E-state index is 6.20. The molecule has 244 valence electrons. The Morgan fingerprint density at radius 3 is 2.04 bits per heavy atom. The lowest BCUT2D eigenvalue weighted by Gasteiger charge is -2.39. The zero-order valence-electron chi connectivity index (χ0n) is 27.5. The second-order valence-corrected chi connectivity index (χ2v) is 14.5. The first-order valence-electron chi connectivity index (χ1n) is 17.4. The van der Waals surface area contributed by atoms with Gasteiger partial charge in [-0.25, -0.2) is 0 Å². The van der Waals surface area contributed by atoms with Gasteiger partial charge in [0.2, 0.25) is 0 Å². The van der Waals surface area contributed by atoms with E-state index in [1.165, 1.54) is 58.7 Å². The zero-order valence-corrected chi connectivity index (χ0v) is 28.3. The number of hydrogen-bond donors (Lipinski definition) is 3. The predicted molar refractivity (Wildman–Crippen MR) is 211 cm³/mol. The Balaban J connectivity index is 1.07. The van der Waals surface area contributed by atoms with Crippen molar-refractivity contribution in [2.24, 2.45) is 0 Å². The van der Waals surface area contributed by atoms with Crippen molar-refractivity contribution in [1.29, 1.82) is 0 Å². The van der Waals surface area contributed by atoms with E-state index < -0.39 is 0 Å². The van der Waals surface area contributed by atoms with Crippen molar-refractivity contribution in [3.63, 3.8) is 0 Å². The molecule has 10 aromatic rings. The molecule has 3 unspecified atom stereocenters. The molecule has 1 aliphatic heterocycles. The van der Waals surface area contributed by atoms with Gasteiger partial charge >= 0.3 is 0 Å². The Morgan fingerprint density at radius 2 is 1.14 bits per heavy atom. The first-order valence-corrected chi connectivity index (χ1v) is 18.3. The molecular formula is C45H32N4OS. The average Bonchev–Trinajstić information content (AvgIpc) is 3.87. The summed E-state index contributed by atoms with van der Waals surface area (Å²) in [5.74, 6) is 0. The third-order valence-corrected chi connectivity index (χ3v) is 11.8. The highest BCUT2D eigenvalue weighted by atomic mass is 32.1. The maximum absolute atomic E-state index is 6.20. The highest BCUT2D eigenvalue weighted by molar-refractivity contribution is 7.26. The van der Waals surface area contributed by atoms with E-state index in [1.807, 2.05) is 23.5 Å². The third kappa shape index (κ3) is 4.58. The fraction of sp³-hybridized carbons (Fsp3) is 0.0667. The van der Waals surface area contributed by atoms with Gasteiger partial charge in [-0.05, 0) is 53.6 Å². The molecule has 0 saturated carbocycles. The number of furan rings is 1. The van der Waals surface area contributed by atoms with Gasteiger partial charge in [-0.2, -0.15) is 0 Å². The van der Waals surface area contributed by atoms with Crippen molar-refractivity contribution in [3.8, 4) is 5.69 Å². The molecule has 0 amide bonds. The minimum Gasteiger partial charge on any atom is -0.456 e. The first-order chi connectivity index (χ1) is 25.3. The normalized spacial score (nSPS) is 18.2. The topological polar surface area (TPSA) is 54.2 Å². The molecule has 1 fully saturated rings. The first kappa shape index (κ1) is 29.0. The Bertz CT molecular complexity index is 2940. The molecule has 0 aliphatic carbocycles. The summed E-state index contributed by atoms with van der Waals surface area (Å²) < 4.78 is 11.2. The summed E-state index contributed by atoms with van der Waals surface area (Å²) in [6.07, 6.45) is -0.274. The molecule has 4 heterocycles. The van der Waals surface area contributed by atoms with Crippen LogP contribution in [0.1, 0.15) is 35.2 Å². The van der Waals surface area contributed by atoms with Gasteiger partial charge in [0.15, 0.2) is 0 Å². The summed E-state index contributed by atoms with van der Waals surface area (Å²) >= 11 is 1.87. The van der Waals surface area contributed by atoms with Crippen molar-refractivity contribution in [2.45, 2.75) is 18.5 Å². The molecular weight excluding hydrogens is 645 g/mol. The van der Waals surface area contributed by atoms with E-state index >= 15 is 0 Å². The average molecular weight is 677 g/mol. The van der Waals surface area contributed by atoms with E-state index in [-0.39, 0.29) is 18.5 Å². The highest BCUT2D eigenvalue weighted by Gasteiger charge is 2.31. The number of nitrogens with zero attached hydrogens (tertiary/aromatic N) is 1. The van der Waals surface area contributed by atoms with Gasteiger partial charge in [0.05, 0.1) is 29.5 Å². The number of rotatable bonds is 4. The second kappa shape index (κ2) is 11.4. The Hall–Kier alpha value is -5.76. The summed E-state index contributed by atoms with van der Waals surface area (Å²) in [5, 5.41) is 19.1. The molecule has 5 nitrogen and oxygen atoms in total. The molecule has 1 saturated heterocycles. The van der Waals surface area contributed by atoms with Crippen LogP contribution in [0.15, 0.2) is 162 Å². The number of aromatic nitrogens is 1. The quantitative estimate of drug-likeness (QED) is 0.174. The van der Waals surface area contributed by atoms with Crippen molar-refractivity contribution in [2.75, 3.05) is 0 Å². The summed E-state index contributed by atoms with van der Waals surface area (Å²) in [7, 11) is 0. The zero-order chi connectivity index (χ0) is 33.5. The lowest BCUT2D eigenvalue weighted by atomic mass is 10.0. The van der Waals surface area contributed by atoms with E-state index in [9.17, 15) is 0 Å². The lowest BCUT2D eigenvalue weighted by molar-refractivity contribution is 0.204. The van der Waals surface area contributed by atoms with Crippen LogP contribution >= 0.6 is 11.3 Å². The smallest absolute Gasteiger partial charge is 0.135 e. The SMILES string of the molecule is c1ccc(C2NC(c3ccc4c5ccccc5n(-c5ccc6oc7ccccc7c6c5)c4c3)NC(c3cccc4c3sc3ccccc34)N2)cc1. The van der Waals surface area contributed by atoms with E-state index in [0.717, 1.165) is 27.6 Å². The van der Waals surface area contributed by atoms with Crippen LogP contribution in [0.5, 0.6) is 0 Å². The van der Waals surface area contributed by atoms with Gasteiger partial charge in [-0.15, -0.1) is 11.3 Å². The molecule has 3 aromatic heterocycles. The van der Waals surface area contributed by atoms with Gasteiger partial charge in [0.1, 0.15) is 11.2 Å². The second-order valence-electron chi connectivity index (χ2n) is 13.4. The van der Waals surface area contributed by atoms with E-state index in [1.54, 1.807) is 0 Å². The number of fused-ring (bicyclic) bond motifs is 9.